The van der Waals surface area contributed by atoms with E-state index in [2.05, 4.69) is 4.74 Å². The van der Waals surface area contributed by atoms with Crippen molar-refractivity contribution in [2.24, 2.45) is 11.7 Å². The maximum atomic E-state index is 12.4. The second-order valence-corrected chi connectivity index (χ2v) is 4.70. The van der Waals surface area contributed by atoms with E-state index >= 15 is 0 Å². The number of nitrogens with zero attached hydrogens (tertiary/aromatic N) is 1. The van der Waals surface area contributed by atoms with Gasteiger partial charge in [-0.3, -0.25) is 14.5 Å². The van der Waals surface area contributed by atoms with Gasteiger partial charge in [-0.25, -0.2) is 0 Å². The molecule has 0 saturated heterocycles. The lowest BCUT2D eigenvalue weighted by Gasteiger charge is -2.24. The third kappa shape index (κ3) is 3.32. The van der Waals surface area contributed by atoms with Gasteiger partial charge in [0.2, 0.25) is 5.91 Å². The highest BCUT2D eigenvalue weighted by Crippen LogP contribution is 2.32. The Balaban J connectivity index is 2.18. The molecule has 0 spiro atoms. The van der Waals surface area contributed by atoms with Crippen molar-refractivity contribution in [1.82, 2.24) is 0 Å². The zero-order valence-electron chi connectivity index (χ0n) is 10.9. The van der Waals surface area contributed by atoms with Crippen LogP contribution in [0.1, 0.15) is 12.8 Å². The molecular weight excluding hydrogens is 244 g/mol. The maximum absolute atomic E-state index is 12.4. The third-order valence-electron chi connectivity index (χ3n) is 3.26. The number of rotatable bonds is 5. The Morgan fingerprint density at radius 2 is 2.00 bits per heavy atom. The normalized spacial score (nSPS) is 15.7. The standard InChI is InChI=1S/C14H18N2O3/c1-19-12(17)9-16(11-5-3-2-4-6-11)14(18)13(15)10-7-8-10/h2-6,10,13H,7-9,15H2,1H3/t13-/m0/s1. The Bertz CT molecular complexity index is 457. The van der Waals surface area contributed by atoms with Gasteiger partial charge in [0.1, 0.15) is 6.54 Å². The van der Waals surface area contributed by atoms with Crippen LogP contribution in [0.25, 0.3) is 0 Å². The van der Waals surface area contributed by atoms with Crippen molar-refractivity contribution in [3.05, 3.63) is 30.3 Å². The number of anilines is 1. The lowest BCUT2D eigenvalue weighted by Crippen LogP contribution is -2.47. The first-order chi connectivity index (χ1) is 9.13. The molecule has 0 heterocycles. The van der Waals surface area contributed by atoms with E-state index < -0.39 is 12.0 Å². The second-order valence-electron chi connectivity index (χ2n) is 4.70. The second kappa shape index (κ2) is 5.84. The predicted octanol–water partition coefficient (Wildman–Crippen LogP) is 0.930. The first-order valence-electron chi connectivity index (χ1n) is 6.32. The zero-order valence-corrected chi connectivity index (χ0v) is 10.9. The molecule has 2 N–H and O–H groups in total. The molecule has 5 heteroatoms. The summed E-state index contributed by atoms with van der Waals surface area (Å²) in [7, 11) is 1.30. The van der Waals surface area contributed by atoms with Crippen LogP contribution in [0.3, 0.4) is 0 Å². The van der Waals surface area contributed by atoms with E-state index in [0.717, 1.165) is 12.8 Å². The van der Waals surface area contributed by atoms with E-state index in [1.54, 1.807) is 12.1 Å². The quantitative estimate of drug-likeness (QED) is 0.801. The van der Waals surface area contributed by atoms with Gasteiger partial charge in [0.05, 0.1) is 13.2 Å². The zero-order chi connectivity index (χ0) is 13.8. The molecule has 1 fully saturated rings. The number of carbonyl (C=O) groups excluding carboxylic acids is 2. The number of nitrogens with two attached hydrogens (primary N) is 1. The van der Waals surface area contributed by atoms with Crippen molar-refractivity contribution in [3.8, 4) is 0 Å². The number of benzene rings is 1. The molecule has 1 amide bonds. The summed E-state index contributed by atoms with van der Waals surface area (Å²) in [5.41, 5.74) is 6.60. The van der Waals surface area contributed by atoms with Crippen LogP contribution >= 0.6 is 0 Å². The lowest BCUT2D eigenvalue weighted by atomic mass is 10.1. The monoisotopic (exact) mass is 262 g/mol. The van der Waals surface area contributed by atoms with Gasteiger partial charge in [-0.2, -0.15) is 0 Å². The highest BCUT2D eigenvalue weighted by Gasteiger charge is 2.36. The Morgan fingerprint density at radius 3 is 2.53 bits per heavy atom. The molecule has 1 aromatic rings. The van der Waals surface area contributed by atoms with Crippen LogP contribution in [0.15, 0.2) is 30.3 Å². The fraction of sp³-hybridized carbons (Fsp3) is 0.429. The van der Waals surface area contributed by atoms with Gasteiger partial charge in [0, 0.05) is 5.69 Å². The molecule has 0 unspecified atom stereocenters. The molecule has 5 nitrogen and oxygen atoms in total. The molecule has 0 bridgehead atoms. The molecule has 19 heavy (non-hydrogen) atoms. The Morgan fingerprint density at radius 1 is 1.37 bits per heavy atom. The summed E-state index contributed by atoms with van der Waals surface area (Å²) in [5, 5.41) is 0. The highest BCUT2D eigenvalue weighted by atomic mass is 16.5. The van der Waals surface area contributed by atoms with Gasteiger partial charge in [-0.05, 0) is 30.9 Å². The Labute approximate surface area is 112 Å². The Hall–Kier alpha value is -1.88. The largest absolute Gasteiger partial charge is 0.468 e. The van der Waals surface area contributed by atoms with Crippen molar-refractivity contribution in [2.75, 3.05) is 18.6 Å². The molecule has 1 atom stereocenters. The number of methoxy groups -OCH3 is 1. The molecule has 2 rings (SSSR count). The van der Waals surface area contributed by atoms with Crippen LogP contribution in [-0.2, 0) is 14.3 Å². The minimum Gasteiger partial charge on any atom is -0.468 e. The molecule has 1 saturated carbocycles. The minimum atomic E-state index is -0.537. The minimum absolute atomic E-state index is 0.111. The number of carbonyl (C=O) groups is 2. The summed E-state index contributed by atoms with van der Waals surface area (Å²) in [6, 6.07) is 8.50. The van der Waals surface area contributed by atoms with Crippen molar-refractivity contribution < 1.29 is 14.3 Å². The van der Waals surface area contributed by atoms with Crippen molar-refractivity contribution in [3.63, 3.8) is 0 Å². The van der Waals surface area contributed by atoms with Crippen molar-refractivity contribution >= 4 is 17.6 Å². The smallest absolute Gasteiger partial charge is 0.325 e. The fourth-order valence-corrected chi connectivity index (χ4v) is 1.93. The van der Waals surface area contributed by atoms with Gasteiger partial charge >= 0.3 is 5.97 Å². The van der Waals surface area contributed by atoms with Gasteiger partial charge in [0.15, 0.2) is 0 Å². The van der Waals surface area contributed by atoms with Crippen molar-refractivity contribution in [2.45, 2.75) is 18.9 Å². The summed E-state index contributed by atoms with van der Waals surface area (Å²) in [5.74, 6) is -0.435. The van der Waals surface area contributed by atoms with Crippen LogP contribution in [0.4, 0.5) is 5.69 Å². The average molecular weight is 262 g/mol. The van der Waals surface area contributed by atoms with Crippen LogP contribution in [0.2, 0.25) is 0 Å². The molecule has 0 radical (unpaired) electrons. The van der Waals surface area contributed by atoms with Crippen LogP contribution in [-0.4, -0.2) is 31.6 Å². The van der Waals surface area contributed by atoms with E-state index in [1.165, 1.54) is 12.0 Å². The number of para-hydroxylation sites is 1. The summed E-state index contributed by atoms with van der Waals surface area (Å²) >= 11 is 0. The SMILES string of the molecule is COC(=O)CN(C(=O)[C@@H](N)C1CC1)c1ccccc1. The number of ether oxygens (including phenoxy) is 1. The van der Waals surface area contributed by atoms with Gasteiger partial charge in [-0.15, -0.1) is 0 Å². The lowest BCUT2D eigenvalue weighted by molar-refractivity contribution is -0.140. The van der Waals surface area contributed by atoms with E-state index in [0.29, 0.717) is 5.69 Å². The van der Waals surface area contributed by atoms with Gasteiger partial charge < -0.3 is 10.5 Å². The number of hydrogen-bond acceptors (Lipinski definition) is 4. The molecule has 1 aromatic carbocycles. The van der Waals surface area contributed by atoms with E-state index in [9.17, 15) is 9.59 Å². The average Bonchev–Trinajstić information content (AvgIpc) is 3.28. The van der Waals surface area contributed by atoms with Crippen LogP contribution in [0.5, 0.6) is 0 Å². The molecule has 102 valence electrons. The highest BCUT2D eigenvalue weighted by molar-refractivity contribution is 6.00. The van der Waals surface area contributed by atoms with Crippen molar-refractivity contribution in [1.29, 1.82) is 0 Å². The molecule has 1 aliphatic rings. The molecule has 1 aliphatic carbocycles. The maximum Gasteiger partial charge on any atom is 0.325 e. The summed E-state index contributed by atoms with van der Waals surface area (Å²) in [4.78, 5) is 25.2. The summed E-state index contributed by atoms with van der Waals surface area (Å²) < 4.78 is 4.63. The first kappa shape index (κ1) is 13.5. The predicted molar refractivity (Wildman–Crippen MR) is 71.5 cm³/mol. The Kier molecular flexibility index (Phi) is 4.16. The van der Waals surface area contributed by atoms with E-state index in [4.69, 9.17) is 5.73 Å². The number of esters is 1. The van der Waals surface area contributed by atoms with Gasteiger partial charge in [-0.1, -0.05) is 18.2 Å². The molecule has 0 aromatic heterocycles. The number of amides is 1. The van der Waals surface area contributed by atoms with Gasteiger partial charge in [0.25, 0.3) is 0 Å². The third-order valence-corrected chi connectivity index (χ3v) is 3.26. The molecule has 0 aliphatic heterocycles. The summed E-state index contributed by atoms with van der Waals surface area (Å²) in [6.45, 7) is -0.111. The fourth-order valence-electron chi connectivity index (χ4n) is 1.93. The van der Waals surface area contributed by atoms with E-state index in [1.807, 2.05) is 18.2 Å². The summed E-state index contributed by atoms with van der Waals surface area (Å²) in [6.07, 6.45) is 1.96. The topological polar surface area (TPSA) is 72.6 Å². The van der Waals surface area contributed by atoms with Crippen LogP contribution < -0.4 is 10.6 Å². The van der Waals surface area contributed by atoms with Crippen LogP contribution in [0, 0.1) is 5.92 Å². The first-order valence-corrected chi connectivity index (χ1v) is 6.32. The van der Waals surface area contributed by atoms with E-state index in [-0.39, 0.29) is 18.4 Å². The molecular formula is C14H18N2O3. The number of hydrogen-bond donors (Lipinski definition) is 1.